The molecule has 0 amide bonds. The molecule has 0 bridgehead atoms. The summed E-state index contributed by atoms with van der Waals surface area (Å²) in [6.07, 6.45) is -2.44. The van der Waals surface area contributed by atoms with Gasteiger partial charge in [-0.15, -0.1) is 10.2 Å². The first-order chi connectivity index (χ1) is 7.57. The minimum absolute atomic E-state index is 0.253. The highest BCUT2D eigenvalue weighted by molar-refractivity contribution is 5.38. The van der Waals surface area contributed by atoms with Gasteiger partial charge in [-0.3, -0.25) is 10.2 Å². The number of nitrogens with one attached hydrogen (secondary N) is 2. The molecule has 6 nitrogen and oxygen atoms in total. The van der Waals surface area contributed by atoms with Gasteiger partial charge in [-0.25, -0.2) is 0 Å². The summed E-state index contributed by atoms with van der Waals surface area (Å²) < 4.78 is 37.1. The van der Waals surface area contributed by atoms with Crippen molar-refractivity contribution in [2.45, 2.75) is 6.18 Å². The summed E-state index contributed by atoms with van der Waals surface area (Å²) in [6, 6.07) is 1.47. The van der Waals surface area contributed by atoms with Crippen LogP contribution in [0.15, 0.2) is 28.7 Å². The standard InChI is InChI=1S/C7H5F3N6/c8-7(9,10)4-3-12-15-6(4)16-14-5-1-2-11-13-5/h1-3H,(H,11,13)(H,12,15). The van der Waals surface area contributed by atoms with Gasteiger partial charge in [-0.2, -0.15) is 23.4 Å². The molecule has 84 valence electrons. The molecule has 2 N–H and O–H groups in total. The van der Waals surface area contributed by atoms with Crippen LogP contribution >= 0.6 is 0 Å². The van der Waals surface area contributed by atoms with E-state index in [4.69, 9.17) is 0 Å². The van der Waals surface area contributed by atoms with Crippen molar-refractivity contribution in [2.24, 2.45) is 10.2 Å². The topological polar surface area (TPSA) is 82.1 Å². The van der Waals surface area contributed by atoms with Crippen LogP contribution in [-0.4, -0.2) is 20.4 Å². The molecule has 0 saturated carbocycles. The molecule has 0 aliphatic carbocycles. The Morgan fingerprint density at radius 3 is 2.56 bits per heavy atom. The molecular formula is C7H5F3N6. The van der Waals surface area contributed by atoms with Crippen LogP contribution in [0.5, 0.6) is 0 Å². The number of rotatable bonds is 2. The molecule has 0 radical (unpaired) electrons. The van der Waals surface area contributed by atoms with Crippen molar-refractivity contribution in [1.29, 1.82) is 0 Å². The molecule has 2 aromatic rings. The Hall–Kier alpha value is -2.19. The normalized spacial score (nSPS) is 12.4. The Morgan fingerprint density at radius 1 is 1.12 bits per heavy atom. The van der Waals surface area contributed by atoms with Gasteiger partial charge in [0.2, 0.25) is 0 Å². The number of azo groups is 1. The van der Waals surface area contributed by atoms with Crippen molar-refractivity contribution in [3.8, 4) is 0 Å². The SMILES string of the molecule is FC(F)(F)c1cn[nH]c1N=Nc1ccn[nH]1. The van der Waals surface area contributed by atoms with Gasteiger partial charge in [0, 0.05) is 6.07 Å². The number of halogens is 3. The lowest BCUT2D eigenvalue weighted by Crippen LogP contribution is -2.03. The van der Waals surface area contributed by atoms with Crippen LogP contribution in [-0.2, 0) is 6.18 Å². The minimum atomic E-state index is -4.50. The fraction of sp³-hybridized carbons (Fsp3) is 0.143. The molecular weight excluding hydrogens is 225 g/mol. The predicted octanol–water partition coefficient (Wildman–Crippen LogP) is 2.57. The molecule has 9 heteroatoms. The molecule has 0 aliphatic heterocycles. The monoisotopic (exact) mass is 230 g/mol. The largest absolute Gasteiger partial charge is 0.421 e. The van der Waals surface area contributed by atoms with Gasteiger partial charge in [0.25, 0.3) is 0 Å². The van der Waals surface area contributed by atoms with Gasteiger partial charge in [0.05, 0.1) is 12.4 Å². The van der Waals surface area contributed by atoms with Crippen molar-refractivity contribution >= 4 is 11.6 Å². The number of aromatic nitrogens is 4. The van der Waals surface area contributed by atoms with Crippen LogP contribution in [0, 0.1) is 0 Å². The summed E-state index contributed by atoms with van der Waals surface area (Å²) in [4.78, 5) is 0. The fourth-order valence-corrected chi connectivity index (χ4v) is 0.971. The molecule has 0 fully saturated rings. The van der Waals surface area contributed by atoms with Crippen molar-refractivity contribution in [3.63, 3.8) is 0 Å². The van der Waals surface area contributed by atoms with E-state index in [9.17, 15) is 13.2 Å². The van der Waals surface area contributed by atoms with E-state index < -0.39 is 17.6 Å². The second-order valence-corrected chi connectivity index (χ2v) is 2.77. The third kappa shape index (κ3) is 2.07. The third-order valence-electron chi connectivity index (χ3n) is 1.67. The average molecular weight is 230 g/mol. The molecule has 0 unspecified atom stereocenters. The maximum atomic E-state index is 12.4. The van der Waals surface area contributed by atoms with Gasteiger partial charge in [0.1, 0.15) is 5.56 Å². The molecule has 2 aromatic heterocycles. The number of aromatic amines is 2. The molecule has 2 rings (SSSR count). The maximum absolute atomic E-state index is 12.4. The van der Waals surface area contributed by atoms with E-state index in [0.29, 0.717) is 6.20 Å². The summed E-state index contributed by atoms with van der Waals surface area (Å²) in [5.74, 6) is -0.190. The number of H-pyrrole nitrogens is 2. The van der Waals surface area contributed by atoms with Crippen LogP contribution in [0.4, 0.5) is 24.8 Å². The Labute approximate surface area is 86.6 Å². The lowest BCUT2D eigenvalue weighted by atomic mass is 10.3. The van der Waals surface area contributed by atoms with Crippen LogP contribution in [0.3, 0.4) is 0 Å². The minimum Gasteiger partial charge on any atom is -0.260 e. The molecule has 2 heterocycles. The quantitative estimate of drug-likeness (QED) is 0.777. The lowest BCUT2D eigenvalue weighted by molar-refractivity contribution is -0.137. The Morgan fingerprint density at radius 2 is 1.94 bits per heavy atom. The Balaban J connectivity index is 2.26. The average Bonchev–Trinajstić information content (AvgIpc) is 2.85. The van der Waals surface area contributed by atoms with Crippen molar-refractivity contribution in [1.82, 2.24) is 20.4 Å². The first-order valence-corrected chi connectivity index (χ1v) is 4.09. The van der Waals surface area contributed by atoms with Crippen LogP contribution in [0.2, 0.25) is 0 Å². The van der Waals surface area contributed by atoms with Gasteiger partial charge in [-0.05, 0) is 0 Å². The number of nitrogens with zero attached hydrogens (tertiary/aromatic N) is 4. The van der Waals surface area contributed by atoms with E-state index in [2.05, 4.69) is 30.6 Å². The zero-order valence-electron chi connectivity index (χ0n) is 7.65. The maximum Gasteiger partial charge on any atom is 0.421 e. The van der Waals surface area contributed by atoms with Gasteiger partial charge in [-0.1, -0.05) is 0 Å². The van der Waals surface area contributed by atoms with E-state index in [1.165, 1.54) is 12.3 Å². The van der Waals surface area contributed by atoms with E-state index in [1.54, 1.807) is 0 Å². The highest BCUT2D eigenvalue weighted by Crippen LogP contribution is 2.35. The second kappa shape index (κ2) is 3.76. The van der Waals surface area contributed by atoms with Crippen LogP contribution in [0.1, 0.15) is 5.56 Å². The second-order valence-electron chi connectivity index (χ2n) is 2.77. The molecule has 0 aliphatic rings. The predicted molar refractivity (Wildman–Crippen MR) is 46.4 cm³/mol. The molecule has 0 atom stereocenters. The highest BCUT2D eigenvalue weighted by Gasteiger charge is 2.35. The fourth-order valence-electron chi connectivity index (χ4n) is 0.971. The van der Waals surface area contributed by atoms with Crippen LogP contribution < -0.4 is 0 Å². The van der Waals surface area contributed by atoms with Gasteiger partial charge < -0.3 is 0 Å². The summed E-state index contributed by atoms with van der Waals surface area (Å²) in [7, 11) is 0. The van der Waals surface area contributed by atoms with E-state index >= 15 is 0 Å². The Kier molecular flexibility index (Phi) is 2.43. The van der Waals surface area contributed by atoms with Gasteiger partial charge in [0.15, 0.2) is 11.6 Å². The Bertz CT molecular complexity index is 482. The number of hydrogen-bond acceptors (Lipinski definition) is 4. The summed E-state index contributed by atoms with van der Waals surface area (Å²) in [5, 5.41) is 18.3. The smallest absolute Gasteiger partial charge is 0.260 e. The van der Waals surface area contributed by atoms with E-state index in [0.717, 1.165) is 0 Å². The first kappa shape index (κ1) is 10.3. The molecule has 0 saturated heterocycles. The molecule has 0 aromatic carbocycles. The molecule has 0 spiro atoms. The summed E-state index contributed by atoms with van der Waals surface area (Å²) >= 11 is 0. The van der Waals surface area contributed by atoms with Gasteiger partial charge >= 0.3 is 6.18 Å². The van der Waals surface area contributed by atoms with E-state index in [-0.39, 0.29) is 5.82 Å². The van der Waals surface area contributed by atoms with Crippen LogP contribution in [0.25, 0.3) is 0 Å². The number of alkyl halides is 3. The first-order valence-electron chi connectivity index (χ1n) is 4.09. The zero-order valence-corrected chi connectivity index (χ0v) is 7.65. The van der Waals surface area contributed by atoms with Crippen molar-refractivity contribution in [3.05, 3.63) is 24.0 Å². The highest BCUT2D eigenvalue weighted by atomic mass is 19.4. The third-order valence-corrected chi connectivity index (χ3v) is 1.67. The zero-order chi connectivity index (χ0) is 11.6. The molecule has 16 heavy (non-hydrogen) atoms. The van der Waals surface area contributed by atoms with Crippen molar-refractivity contribution in [2.75, 3.05) is 0 Å². The lowest BCUT2D eigenvalue weighted by Gasteiger charge is -2.01. The summed E-state index contributed by atoms with van der Waals surface area (Å²) in [5.41, 5.74) is -0.962. The summed E-state index contributed by atoms with van der Waals surface area (Å²) in [6.45, 7) is 0. The van der Waals surface area contributed by atoms with Crippen molar-refractivity contribution < 1.29 is 13.2 Å². The van der Waals surface area contributed by atoms with E-state index in [1.807, 2.05) is 0 Å². The number of hydrogen-bond donors (Lipinski definition) is 2.